The number of nitrogens with zero attached hydrogens (tertiary/aromatic N) is 2. The van der Waals surface area contributed by atoms with Crippen LogP contribution in [0.5, 0.6) is 0 Å². The summed E-state index contributed by atoms with van der Waals surface area (Å²) in [5.74, 6) is 0. The van der Waals surface area contributed by atoms with E-state index >= 15 is 0 Å². The molecule has 6 heteroatoms. The molecule has 0 aliphatic rings. The zero-order valence-electron chi connectivity index (χ0n) is 9.29. The van der Waals surface area contributed by atoms with Crippen molar-refractivity contribution in [2.75, 3.05) is 0 Å². The lowest BCUT2D eigenvalue weighted by atomic mass is 10.1. The molecule has 0 saturated carbocycles. The van der Waals surface area contributed by atoms with E-state index in [2.05, 4.69) is 10.2 Å². The van der Waals surface area contributed by atoms with Gasteiger partial charge in [-0.1, -0.05) is 17.7 Å². The largest absolute Gasteiger partial charge is 0.417 e. The van der Waals surface area contributed by atoms with Crippen LogP contribution < -0.4 is 0 Å². The first-order valence-corrected chi connectivity index (χ1v) is 5.43. The van der Waals surface area contributed by atoms with Gasteiger partial charge in [-0.3, -0.25) is 0 Å². The first kappa shape index (κ1) is 12.8. The number of aryl methyl sites for hydroxylation is 1. The van der Waals surface area contributed by atoms with Crippen LogP contribution >= 0.6 is 11.6 Å². The molecule has 0 aliphatic heterocycles. The summed E-state index contributed by atoms with van der Waals surface area (Å²) < 4.78 is 38.1. The topological polar surface area (TPSA) is 25.8 Å². The Kier molecular flexibility index (Phi) is 3.26. The molecule has 0 amide bonds. The number of aromatic nitrogens is 2. The van der Waals surface area contributed by atoms with Crippen molar-refractivity contribution >= 4 is 11.6 Å². The standard InChI is InChI=1S/C12H8ClF3N2/c1-7-2-5-11(18-17-7)8-3-4-10(13)9(6-8)12(14,15)16/h2-6H,1H3. The van der Waals surface area contributed by atoms with Crippen LogP contribution in [0.3, 0.4) is 0 Å². The summed E-state index contributed by atoms with van der Waals surface area (Å²) in [6.45, 7) is 1.75. The Morgan fingerprint density at radius 2 is 1.78 bits per heavy atom. The van der Waals surface area contributed by atoms with Crippen molar-refractivity contribution in [1.82, 2.24) is 10.2 Å². The minimum Gasteiger partial charge on any atom is -0.166 e. The molecule has 0 spiro atoms. The molecular weight excluding hydrogens is 265 g/mol. The zero-order valence-corrected chi connectivity index (χ0v) is 10.0. The van der Waals surface area contributed by atoms with Gasteiger partial charge in [-0.15, -0.1) is 0 Å². The van der Waals surface area contributed by atoms with E-state index in [0.717, 1.165) is 6.07 Å². The minimum absolute atomic E-state index is 0.327. The van der Waals surface area contributed by atoms with Crippen LogP contribution in [0.2, 0.25) is 5.02 Å². The summed E-state index contributed by atoms with van der Waals surface area (Å²) in [4.78, 5) is 0. The van der Waals surface area contributed by atoms with Gasteiger partial charge in [0.05, 0.1) is 22.0 Å². The van der Waals surface area contributed by atoms with Crippen LogP contribution in [-0.4, -0.2) is 10.2 Å². The second kappa shape index (κ2) is 4.57. The lowest BCUT2D eigenvalue weighted by molar-refractivity contribution is -0.137. The lowest BCUT2D eigenvalue weighted by Gasteiger charge is -2.10. The third-order valence-electron chi connectivity index (χ3n) is 2.37. The molecular formula is C12H8ClF3N2. The molecule has 1 aromatic heterocycles. The molecule has 0 radical (unpaired) electrons. The third-order valence-corrected chi connectivity index (χ3v) is 2.69. The van der Waals surface area contributed by atoms with Crippen molar-refractivity contribution in [2.24, 2.45) is 0 Å². The maximum absolute atomic E-state index is 12.7. The highest BCUT2D eigenvalue weighted by molar-refractivity contribution is 6.31. The maximum atomic E-state index is 12.7. The second-order valence-electron chi connectivity index (χ2n) is 3.75. The summed E-state index contributed by atoms with van der Waals surface area (Å²) in [5.41, 5.74) is 0.537. The summed E-state index contributed by atoms with van der Waals surface area (Å²) >= 11 is 5.54. The molecule has 0 fully saturated rings. The fraction of sp³-hybridized carbons (Fsp3) is 0.167. The number of benzene rings is 1. The summed E-state index contributed by atoms with van der Waals surface area (Å²) in [6, 6.07) is 6.97. The van der Waals surface area contributed by atoms with E-state index in [1.807, 2.05) is 0 Å². The van der Waals surface area contributed by atoms with Crippen molar-refractivity contribution in [3.63, 3.8) is 0 Å². The first-order valence-electron chi connectivity index (χ1n) is 5.05. The lowest BCUT2D eigenvalue weighted by Crippen LogP contribution is -2.06. The number of halogens is 4. The smallest absolute Gasteiger partial charge is 0.166 e. The van der Waals surface area contributed by atoms with Crippen molar-refractivity contribution < 1.29 is 13.2 Å². The fourth-order valence-electron chi connectivity index (χ4n) is 1.45. The fourth-order valence-corrected chi connectivity index (χ4v) is 1.68. The molecule has 0 atom stereocenters. The van der Waals surface area contributed by atoms with Crippen molar-refractivity contribution in [3.05, 3.63) is 46.6 Å². The molecule has 0 aliphatic carbocycles. The van der Waals surface area contributed by atoms with Gasteiger partial charge < -0.3 is 0 Å². The van der Waals surface area contributed by atoms with Crippen molar-refractivity contribution in [2.45, 2.75) is 13.1 Å². The Labute approximate surface area is 106 Å². The predicted octanol–water partition coefficient (Wildman–Crippen LogP) is 4.12. The third kappa shape index (κ3) is 2.61. The van der Waals surface area contributed by atoms with Gasteiger partial charge in [-0.25, -0.2) is 0 Å². The monoisotopic (exact) mass is 272 g/mol. The van der Waals surface area contributed by atoms with E-state index in [1.54, 1.807) is 19.1 Å². The Morgan fingerprint density at radius 3 is 2.33 bits per heavy atom. The second-order valence-corrected chi connectivity index (χ2v) is 4.16. The zero-order chi connectivity index (χ0) is 13.3. The van der Waals surface area contributed by atoms with Gasteiger partial charge in [0.25, 0.3) is 0 Å². The molecule has 2 aromatic rings. The quantitative estimate of drug-likeness (QED) is 0.780. The van der Waals surface area contributed by atoms with Crippen LogP contribution in [-0.2, 0) is 6.18 Å². The summed E-state index contributed by atoms with van der Waals surface area (Å²) in [7, 11) is 0. The molecule has 1 aromatic carbocycles. The van der Waals surface area contributed by atoms with E-state index in [-0.39, 0.29) is 5.02 Å². The Bertz CT molecular complexity index is 565. The molecule has 1 heterocycles. The van der Waals surface area contributed by atoms with E-state index < -0.39 is 11.7 Å². The summed E-state index contributed by atoms with van der Waals surface area (Å²) in [6.07, 6.45) is -4.48. The highest BCUT2D eigenvalue weighted by Crippen LogP contribution is 2.36. The van der Waals surface area contributed by atoms with Crippen molar-refractivity contribution in [3.8, 4) is 11.3 Å². The number of hydrogen-bond acceptors (Lipinski definition) is 2. The Hall–Kier alpha value is -1.62. The SMILES string of the molecule is Cc1ccc(-c2ccc(Cl)c(C(F)(F)F)c2)nn1. The van der Waals surface area contributed by atoms with Crippen LogP contribution in [0.4, 0.5) is 13.2 Å². The Balaban J connectivity index is 2.50. The average Bonchev–Trinajstić information content (AvgIpc) is 2.29. The van der Waals surface area contributed by atoms with Crippen LogP contribution in [0, 0.1) is 6.92 Å². The van der Waals surface area contributed by atoms with Crippen LogP contribution in [0.1, 0.15) is 11.3 Å². The molecule has 0 bridgehead atoms. The molecule has 0 saturated heterocycles. The van der Waals surface area contributed by atoms with Crippen molar-refractivity contribution in [1.29, 1.82) is 0 Å². The van der Waals surface area contributed by atoms with E-state index in [1.165, 1.54) is 12.1 Å². The summed E-state index contributed by atoms with van der Waals surface area (Å²) in [5, 5.41) is 7.32. The highest BCUT2D eigenvalue weighted by atomic mass is 35.5. The van der Waals surface area contributed by atoms with E-state index in [4.69, 9.17) is 11.6 Å². The number of alkyl halides is 3. The Morgan fingerprint density at radius 1 is 1.06 bits per heavy atom. The number of rotatable bonds is 1. The normalized spacial score (nSPS) is 11.6. The van der Waals surface area contributed by atoms with Gasteiger partial charge in [0, 0.05) is 5.56 Å². The minimum atomic E-state index is -4.48. The van der Waals surface area contributed by atoms with Gasteiger partial charge in [-0.05, 0) is 31.2 Å². The van der Waals surface area contributed by atoms with Gasteiger partial charge in [0.2, 0.25) is 0 Å². The van der Waals surface area contributed by atoms with Crippen LogP contribution in [0.25, 0.3) is 11.3 Å². The molecule has 0 unspecified atom stereocenters. The molecule has 94 valence electrons. The van der Waals surface area contributed by atoms with Gasteiger partial charge in [0.1, 0.15) is 0 Å². The molecule has 18 heavy (non-hydrogen) atoms. The average molecular weight is 273 g/mol. The highest BCUT2D eigenvalue weighted by Gasteiger charge is 2.33. The number of hydrogen-bond donors (Lipinski definition) is 0. The maximum Gasteiger partial charge on any atom is 0.417 e. The molecule has 2 nitrogen and oxygen atoms in total. The first-order chi connectivity index (χ1) is 8.38. The van der Waals surface area contributed by atoms with Crippen LogP contribution in [0.15, 0.2) is 30.3 Å². The van der Waals surface area contributed by atoms with E-state index in [9.17, 15) is 13.2 Å². The predicted molar refractivity (Wildman–Crippen MR) is 62.2 cm³/mol. The van der Waals surface area contributed by atoms with Gasteiger partial charge >= 0.3 is 6.18 Å². The molecule has 2 rings (SSSR count). The van der Waals surface area contributed by atoms with Gasteiger partial charge in [-0.2, -0.15) is 23.4 Å². The molecule has 0 N–H and O–H groups in total. The van der Waals surface area contributed by atoms with Gasteiger partial charge in [0.15, 0.2) is 0 Å². The van der Waals surface area contributed by atoms with E-state index in [0.29, 0.717) is 17.0 Å².